The topological polar surface area (TPSA) is 81.9 Å². The molecule has 4 rings (SSSR count). The Morgan fingerprint density at radius 2 is 2.04 bits per heavy atom. The predicted octanol–water partition coefficient (Wildman–Crippen LogP) is 4.01. The van der Waals surface area contributed by atoms with E-state index in [-0.39, 0.29) is 0 Å². The zero-order chi connectivity index (χ0) is 17.4. The molecule has 0 fully saturated rings. The van der Waals surface area contributed by atoms with Gasteiger partial charge in [-0.25, -0.2) is 14.6 Å². The third kappa shape index (κ3) is 2.94. The van der Waals surface area contributed by atoms with Gasteiger partial charge in [-0.15, -0.1) is 22.7 Å². The van der Waals surface area contributed by atoms with Crippen molar-refractivity contribution < 1.29 is 19.1 Å². The van der Waals surface area contributed by atoms with Crippen LogP contribution in [0.25, 0.3) is 15.3 Å². The number of ether oxygens (including phenoxy) is 2. The van der Waals surface area contributed by atoms with Gasteiger partial charge < -0.3 is 9.47 Å². The van der Waals surface area contributed by atoms with Gasteiger partial charge in [0.25, 0.3) is 0 Å². The number of carbonyl (C=O) groups is 2. The molecule has 3 aromatic heterocycles. The molecule has 0 saturated carbocycles. The second kappa shape index (κ2) is 6.19. The van der Waals surface area contributed by atoms with Crippen LogP contribution in [-0.2, 0) is 4.74 Å². The molecule has 0 aliphatic rings. The molecule has 1 N–H and O–H groups in total. The van der Waals surface area contributed by atoms with Crippen molar-refractivity contribution in [2.24, 2.45) is 0 Å². The lowest BCUT2D eigenvalue weighted by Crippen LogP contribution is -2.11. The Balaban J connectivity index is 1.51. The van der Waals surface area contributed by atoms with E-state index in [1.807, 2.05) is 16.0 Å². The van der Waals surface area contributed by atoms with Gasteiger partial charge in [-0.3, -0.25) is 9.72 Å². The molecule has 7 nitrogen and oxygen atoms in total. The van der Waals surface area contributed by atoms with Gasteiger partial charge in [0.2, 0.25) is 0 Å². The number of nitrogens with zero attached hydrogens (tertiary/aromatic N) is 2. The standard InChI is InChI=1S/C16H11N3O4S2/c1-22-16(21)17-9-2-4-10(5-3-9)23-14(20)12-8-11-13(25-12)18-15-19(11)6-7-24-15/h2-8H,1H3,(H,17,21). The molecule has 1 amide bonds. The van der Waals surface area contributed by atoms with E-state index in [0.29, 0.717) is 16.3 Å². The van der Waals surface area contributed by atoms with Crippen LogP contribution in [0.5, 0.6) is 5.75 Å². The highest BCUT2D eigenvalue weighted by Gasteiger charge is 2.16. The first kappa shape index (κ1) is 15.6. The lowest BCUT2D eigenvalue weighted by Gasteiger charge is -2.05. The minimum absolute atomic E-state index is 0.384. The summed E-state index contributed by atoms with van der Waals surface area (Å²) in [6.07, 6.45) is 1.36. The van der Waals surface area contributed by atoms with Crippen LogP contribution in [0, 0.1) is 0 Å². The van der Waals surface area contributed by atoms with Crippen LogP contribution < -0.4 is 10.1 Å². The molecule has 0 atom stereocenters. The summed E-state index contributed by atoms with van der Waals surface area (Å²) in [6.45, 7) is 0. The van der Waals surface area contributed by atoms with E-state index in [4.69, 9.17) is 4.74 Å². The Kier molecular flexibility index (Phi) is 3.86. The first-order valence-electron chi connectivity index (χ1n) is 7.16. The number of anilines is 1. The molecule has 0 aliphatic carbocycles. The average Bonchev–Trinajstić information content (AvgIpc) is 3.28. The van der Waals surface area contributed by atoms with E-state index < -0.39 is 12.1 Å². The number of amides is 1. The summed E-state index contributed by atoms with van der Waals surface area (Å²) in [5, 5.41) is 4.47. The number of aromatic nitrogens is 2. The zero-order valence-corrected chi connectivity index (χ0v) is 14.5. The van der Waals surface area contributed by atoms with E-state index in [2.05, 4.69) is 15.0 Å². The first-order chi connectivity index (χ1) is 12.1. The quantitative estimate of drug-likeness (QED) is 0.433. The SMILES string of the molecule is COC(=O)Nc1ccc(OC(=O)c2cc3c(nc4sccn43)s2)cc1. The number of carbonyl (C=O) groups excluding carboxylic acids is 2. The molecule has 0 bridgehead atoms. The van der Waals surface area contributed by atoms with E-state index in [9.17, 15) is 9.59 Å². The van der Waals surface area contributed by atoms with Crippen molar-refractivity contribution in [3.8, 4) is 5.75 Å². The lowest BCUT2D eigenvalue weighted by atomic mass is 10.3. The molecule has 9 heteroatoms. The smallest absolute Gasteiger partial charge is 0.411 e. The van der Waals surface area contributed by atoms with E-state index in [1.165, 1.54) is 18.4 Å². The molecule has 3 heterocycles. The number of imidazole rings is 1. The molecular formula is C16H11N3O4S2. The molecule has 0 aliphatic heterocycles. The van der Waals surface area contributed by atoms with Crippen LogP contribution in [0.3, 0.4) is 0 Å². The van der Waals surface area contributed by atoms with Crippen LogP contribution in [0.2, 0.25) is 0 Å². The van der Waals surface area contributed by atoms with Crippen LogP contribution in [0.15, 0.2) is 41.9 Å². The van der Waals surface area contributed by atoms with Crippen molar-refractivity contribution in [1.82, 2.24) is 9.38 Å². The molecule has 0 saturated heterocycles. The number of methoxy groups -OCH3 is 1. The fourth-order valence-corrected chi connectivity index (χ4v) is 3.96. The number of esters is 1. The third-order valence-corrected chi connectivity index (χ3v) is 5.19. The van der Waals surface area contributed by atoms with Crippen LogP contribution >= 0.6 is 22.7 Å². The minimum atomic E-state index is -0.563. The number of thiazole rings is 1. The summed E-state index contributed by atoms with van der Waals surface area (Å²) >= 11 is 2.84. The number of fused-ring (bicyclic) bond motifs is 3. The Bertz CT molecular complexity index is 1080. The van der Waals surface area contributed by atoms with Crippen molar-refractivity contribution in [3.63, 3.8) is 0 Å². The molecule has 4 aromatic rings. The molecule has 0 spiro atoms. The van der Waals surface area contributed by atoms with E-state index in [1.54, 1.807) is 41.7 Å². The Morgan fingerprint density at radius 3 is 2.80 bits per heavy atom. The fraction of sp³-hybridized carbons (Fsp3) is 0.0625. The Hall–Kier alpha value is -2.91. The average molecular weight is 373 g/mol. The monoisotopic (exact) mass is 373 g/mol. The maximum absolute atomic E-state index is 12.3. The summed E-state index contributed by atoms with van der Waals surface area (Å²) in [5.74, 6) is -0.0598. The van der Waals surface area contributed by atoms with Gasteiger partial charge in [-0.1, -0.05) is 0 Å². The fourth-order valence-electron chi connectivity index (χ4n) is 2.28. The van der Waals surface area contributed by atoms with Crippen LogP contribution in [0.1, 0.15) is 9.67 Å². The summed E-state index contributed by atoms with van der Waals surface area (Å²) in [7, 11) is 1.29. The molecule has 0 radical (unpaired) electrons. The van der Waals surface area contributed by atoms with Crippen LogP contribution in [-0.4, -0.2) is 28.6 Å². The molecule has 1 aromatic carbocycles. The Morgan fingerprint density at radius 1 is 1.24 bits per heavy atom. The number of hydrogen-bond acceptors (Lipinski definition) is 7. The van der Waals surface area contributed by atoms with Gasteiger partial charge in [0, 0.05) is 17.3 Å². The summed E-state index contributed by atoms with van der Waals surface area (Å²) < 4.78 is 11.8. The molecule has 25 heavy (non-hydrogen) atoms. The van der Waals surface area contributed by atoms with Gasteiger partial charge >= 0.3 is 12.1 Å². The zero-order valence-electron chi connectivity index (χ0n) is 12.9. The highest BCUT2D eigenvalue weighted by molar-refractivity contribution is 7.21. The Labute approximate surface area is 149 Å². The van der Waals surface area contributed by atoms with E-state index in [0.717, 1.165) is 15.3 Å². The van der Waals surface area contributed by atoms with Crippen molar-refractivity contribution in [3.05, 3.63) is 46.8 Å². The third-order valence-electron chi connectivity index (χ3n) is 3.44. The van der Waals surface area contributed by atoms with Crippen molar-refractivity contribution >= 4 is 55.7 Å². The normalized spacial score (nSPS) is 10.9. The minimum Gasteiger partial charge on any atom is -0.453 e. The van der Waals surface area contributed by atoms with Gasteiger partial charge in [-0.2, -0.15) is 0 Å². The highest BCUT2D eigenvalue weighted by Crippen LogP contribution is 2.29. The second-order valence-electron chi connectivity index (χ2n) is 5.00. The molecule has 0 unspecified atom stereocenters. The maximum atomic E-state index is 12.3. The van der Waals surface area contributed by atoms with E-state index >= 15 is 0 Å². The van der Waals surface area contributed by atoms with Gasteiger partial charge in [0.05, 0.1) is 12.6 Å². The molecule has 126 valence electrons. The summed E-state index contributed by atoms with van der Waals surface area (Å²) in [4.78, 5) is 30.1. The number of thiophene rings is 1. The van der Waals surface area contributed by atoms with Gasteiger partial charge in [0.15, 0.2) is 4.96 Å². The summed E-state index contributed by atoms with van der Waals surface area (Å²) in [6, 6.07) is 8.22. The van der Waals surface area contributed by atoms with Crippen molar-refractivity contribution in [2.75, 3.05) is 12.4 Å². The van der Waals surface area contributed by atoms with Gasteiger partial charge in [0.1, 0.15) is 15.5 Å². The second-order valence-corrected chi connectivity index (χ2v) is 6.90. The first-order valence-corrected chi connectivity index (χ1v) is 8.86. The number of benzene rings is 1. The highest BCUT2D eigenvalue weighted by atomic mass is 32.1. The molecular weight excluding hydrogens is 362 g/mol. The number of rotatable bonds is 3. The summed E-state index contributed by atoms with van der Waals surface area (Å²) in [5.41, 5.74) is 1.44. The largest absolute Gasteiger partial charge is 0.453 e. The van der Waals surface area contributed by atoms with Crippen molar-refractivity contribution in [1.29, 1.82) is 0 Å². The van der Waals surface area contributed by atoms with Gasteiger partial charge in [-0.05, 0) is 30.3 Å². The van der Waals surface area contributed by atoms with Crippen molar-refractivity contribution in [2.45, 2.75) is 0 Å². The maximum Gasteiger partial charge on any atom is 0.411 e. The number of nitrogens with one attached hydrogen (secondary N) is 1. The number of hydrogen-bond donors (Lipinski definition) is 1. The lowest BCUT2D eigenvalue weighted by molar-refractivity contribution is 0.0740. The van der Waals surface area contributed by atoms with Crippen LogP contribution in [0.4, 0.5) is 10.5 Å². The predicted molar refractivity (Wildman–Crippen MR) is 95.9 cm³/mol.